The van der Waals surface area contributed by atoms with E-state index in [4.69, 9.17) is 9.47 Å². The first-order chi connectivity index (χ1) is 18.5. The standard InChI is InChI=1S/C27H27F3NO7P/c28-27(29,30)38-23-13-11-22(12-14-23)19-39(34,35)24(31-26(33)37-18-21-9-5-2-6-10-21)15-16-25(32)36-17-20-7-3-1-4-8-20/h1-14,24H,15-19H2,(H,31,33)(H,34,35). The third-order valence-corrected chi connectivity index (χ3v) is 7.59. The van der Waals surface area contributed by atoms with Crippen molar-refractivity contribution in [2.24, 2.45) is 0 Å². The Balaban J connectivity index is 1.65. The number of alkyl carbamates (subject to hydrolysis) is 1. The molecule has 0 aliphatic carbocycles. The lowest BCUT2D eigenvalue weighted by molar-refractivity contribution is -0.274. The van der Waals surface area contributed by atoms with Crippen LogP contribution >= 0.6 is 7.37 Å². The molecule has 0 aliphatic heterocycles. The highest BCUT2D eigenvalue weighted by molar-refractivity contribution is 7.57. The second-order valence-corrected chi connectivity index (χ2v) is 11.0. The number of rotatable bonds is 12. The van der Waals surface area contributed by atoms with Gasteiger partial charge in [0, 0.05) is 6.42 Å². The first-order valence-electron chi connectivity index (χ1n) is 11.8. The second kappa shape index (κ2) is 13.8. The fourth-order valence-electron chi connectivity index (χ4n) is 3.51. The van der Waals surface area contributed by atoms with E-state index < -0.39 is 43.5 Å². The van der Waals surface area contributed by atoms with Crippen LogP contribution in [0.3, 0.4) is 0 Å². The fraction of sp³-hybridized carbons (Fsp3) is 0.259. The average Bonchev–Trinajstić information content (AvgIpc) is 2.90. The van der Waals surface area contributed by atoms with Crippen molar-refractivity contribution in [2.75, 3.05) is 0 Å². The summed E-state index contributed by atoms with van der Waals surface area (Å²) in [6, 6.07) is 22.2. The predicted molar refractivity (Wildman–Crippen MR) is 136 cm³/mol. The number of halogens is 3. The largest absolute Gasteiger partial charge is 0.573 e. The van der Waals surface area contributed by atoms with Crippen molar-refractivity contribution in [2.45, 2.75) is 44.4 Å². The van der Waals surface area contributed by atoms with E-state index in [0.29, 0.717) is 5.56 Å². The van der Waals surface area contributed by atoms with E-state index in [1.54, 1.807) is 54.6 Å². The van der Waals surface area contributed by atoms with Gasteiger partial charge in [0.1, 0.15) is 24.7 Å². The van der Waals surface area contributed by atoms with Gasteiger partial charge in [-0.3, -0.25) is 9.36 Å². The summed E-state index contributed by atoms with van der Waals surface area (Å²) in [4.78, 5) is 35.6. The lowest BCUT2D eigenvalue weighted by atomic mass is 10.2. The first-order valence-corrected chi connectivity index (χ1v) is 13.7. The van der Waals surface area contributed by atoms with Gasteiger partial charge < -0.3 is 24.4 Å². The highest BCUT2D eigenvalue weighted by atomic mass is 31.2. The minimum atomic E-state index is -4.88. The normalized spacial score (nSPS) is 13.5. The van der Waals surface area contributed by atoms with Gasteiger partial charge in [-0.05, 0) is 35.2 Å². The van der Waals surface area contributed by atoms with Crippen LogP contribution in [-0.2, 0) is 38.2 Å². The molecule has 12 heteroatoms. The molecule has 39 heavy (non-hydrogen) atoms. The van der Waals surface area contributed by atoms with E-state index in [1.807, 2.05) is 6.07 Å². The maximum atomic E-state index is 13.3. The van der Waals surface area contributed by atoms with E-state index in [1.165, 1.54) is 12.1 Å². The maximum Gasteiger partial charge on any atom is 0.573 e. The molecule has 0 aromatic heterocycles. The SMILES string of the molecule is O=C(CCC(NC(=O)OCc1ccccc1)P(=O)(O)Cc1ccc(OC(F)(F)F)cc1)OCc1ccccc1. The van der Waals surface area contributed by atoms with Crippen LogP contribution in [0.1, 0.15) is 29.5 Å². The summed E-state index contributed by atoms with van der Waals surface area (Å²) >= 11 is 0. The molecule has 8 nitrogen and oxygen atoms in total. The van der Waals surface area contributed by atoms with Crippen molar-refractivity contribution in [3.63, 3.8) is 0 Å². The Morgan fingerprint density at radius 1 is 0.821 bits per heavy atom. The van der Waals surface area contributed by atoms with Crippen molar-refractivity contribution < 1.29 is 46.4 Å². The molecule has 3 aromatic rings. The topological polar surface area (TPSA) is 111 Å². The summed E-state index contributed by atoms with van der Waals surface area (Å²) in [5.74, 6) is -2.52. The first kappa shape index (κ1) is 29.7. The Labute approximate surface area is 223 Å². The Morgan fingerprint density at radius 2 is 1.36 bits per heavy atom. The minimum Gasteiger partial charge on any atom is -0.461 e. The highest BCUT2D eigenvalue weighted by Gasteiger charge is 2.34. The van der Waals surface area contributed by atoms with Crippen molar-refractivity contribution in [3.05, 3.63) is 102 Å². The van der Waals surface area contributed by atoms with Crippen LogP contribution in [0.5, 0.6) is 5.75 Å². The average molecular weight is 565 g/mol. The molecule has 0 spiro atoms. The van der Waals surface area contributed by atoms with Crippen LogP contribution in [0.25, 0.3) is 0 Å². The van der Waals surface area contributed by atoms with Gasteiger partial charge in [-0.25, -0.2) is 4.79 Å². The lowest BCUT2D eigenvalue weighted by Gasteiger charge is -2.24. The number of amides is 1. The summed E-state index contributed by atoms with van der Waals surface area (Å²) < 4.78 is 64.8. The van der Waals surface area contributed by atoms with E-state index in [9.17, 15) is 32.2 Å². The zero-order chi connectivity index (χ0) is 28.3. The predicted octanol–water partition coefficient (Wildman–Crippen LogP) is 6.13. The highest BCUT2D eigenvalue weighted by Crippen LogP contribution is 2.50. The van der Waals surface area contributed by atoms with Gasteiger partial charge in [-0.15, -0.1) is 13.2 Å². The van der Waals surface area contributed by atoms with Crippen LogP contribution in [0.15, 0.2) is 84.9 Å². The van der Waals surface area contributed by atoms with Crippen LogP contribution < -0.4 is 10.1 Å². The molecule has 0 aliphatic rings. The van der Waals surface area contributed by atoms with Gasteiger partial charge in [0.05, 0.1) is 6.16 Å². The number of nitrogens with one attached hydrogen (secondary N) is 1. The zero-order valence-electron chi connectivity index (χ0n) is 20.7. The molecule has 0 bridgehead atoms. The van der Waals surface area contributed by atoms with Gasteiger partial charge >= 0.3 is 18.4 Å². The summed E-state index contributed by atoms with van der Waals surface area (Å²) in [6.07, 6.45) is -6.85. The van der Waals surface area contributed by atoms with Crippen molar-refractivity contribution in [3.8, 4) is 5.75 Å². The van der Waals surface area contributed by atoms with Gasteiger partial charge in [0.2, 0.25) is 7.37 Å². The monoisotopic (exact) mass is 565 g/mol. The molecule has 2 atom stereocenters. The van der Waals surface area contributed by atoms with Crippen LogP contribution in [0.4, 0.5) is 18.0 Å². The third-order valence-electron chi connectivity index (χ3n) is 5.41. The summed E-state index contributed by atoms with van der Waals surface area (Å²) in [7, 11) is -4.25. The van der Waals surface area contributed by atoms with E-state index in [-0.39, 0.29) is 31.6 Å². The van der Waals surface area contributed by atoms with Crippen LogP contribution in [0.2, 0.25) is 0 Å². The van der Waals surface area contributed by atoms with Crippen LogP contribution in [-0.4, -0.2) is 29.1 Å². The molecule has 0 radical (unpaired) electrons. The van der Waals surface area contributed by atoms with Gasteiger partial charge in [-0.1, -0.05) is 72.8 Å². The minimum absolute atomic E-state index is 0.0139. The quantitative estimate of drug-likeness (QED) is 0.201. The number of carbonyl (C=O) groups is 2. The van der Waals surface area contributed by atoms with Crippen LogP contribution in [0, 0.1) is 0 Å². The van der Waals surface area contributed by atoms with Gasteiger partial charge in [-0.2, -0.15) is 0 Å². The number of carbonyl (C=O) groups excluding carboxylic acids is 2. The molecule has 3 rings (SSSR count). The summed E-state index contributed by atoms with van der Waals surface area (Å²) in [6.45, 7) is -0.0745. The molecule has 2 unspecified atom stereocenters. The van der Waals surface area contributed by atoms with Crippen molar-refractivity contribution in [1.29, 1.82) is 0 Å². The Bertz CT molecular complexity index is 1260. The maximum absolute atomic E-state index is 13.3. The van der Waals surface area contributed by atoms with Crippen molar-refractivity contribution in [1.82, 2.24) is 5.32 Å². The Kier molecular flexibility index (Phi) is 10.5. The number of ether oxygens (including phenoxy) is 3. The van der Waals surface area contributed by atoms with E-state index in [0.717, 1.165) is 17.7 Å². The molecule has 208 valence electrons. The number of hydrogen-bond acceptors (Lipinski definition) is 6. The molecule has 0 fully saturated rings. The summed E-state index contributed by atoms with van der Waals surface area (Å²) in [5, 5.41) is 2.36. The Morgan fingerprint density at radius 3 is 1.90 bits per heavy atom. The number of hydrogen-bond donors (Lipinski definition) is 2. The molecule has 3 aromatic carbocycles. The van der Waals surface area contributed by atoms with Gasteiger partial charge in [0.15, 0.2) is 0 Å². The Hall–Kier alpha value is -3.82. The molecule has 0 saturated heterocycles. The van der Waals surface area contributed by atoms with Crippen molar-refractivity contribution >= 4 is 19.4 Å². The van der Waals surface area contributed by atoms with E-state index >= 15 is 0 Å². The molecule has 0 heterocycles. The number of benzene rings is 3. The number of esters is 1. The molecular formula is C27H27F3NO7P. The third kappa shape index (κ3) is 10.8. The molecule has 0 saturated carbocycles. The van der Waals surface area contributed by atoms with Gasteiger partial charge in [0.25, 0.3) is 0 Å². The second-order valence-electron chi connectivity index (χ2n) is 8.51. The van der Waals surface area contributed by atoms with E-state index in [2.05, 4.69) is 10.1 Å². The zero-order valence-corrected chi connectivity index (χ0v) is 21.6. The molecule has 1 amide bonds. The molecule has 2 N–H and O–H groups in total. The fourth-order valence-corrected chi connectivity index (χ4v) is 5.30. The number of alkyl halides is 3. The summed E-state index contributed by atoms with van der Waals surface area (Å²) in [5.41, 5.74) is 1.68. The molecular weight excluding hydrogens is 538 g/mol. The lowest BCUT2D eigenvalue weighted by Crippen LogP contribution is -2.36. The smallest absolute Gasteiger partial charge is 0.461 e.